The Hall–Kier alpha value is 0.140. The summed E-state index contributed by atoms with van der Waals surface area (Å²) < 4.78 is 4.96. The maximum absolute atomic E-state index is 11.0. The number of alkyl halides is 3. The normalized spacial score (nSPS) is 13.4. The Morgan fingerprint density at radius 1 is 0.808 bits per heavy atom. The lowest BCUT2D eigenvalue weighted by atomic mass is 10.0. The maximum atomic E-state index is 11.0. The van der Waals surface area contributed by atoms with Crippen molar-refractivity contribution in [3.05, 3.63) is 0 Å². The quantitative estimate of drug-likeness (QED) is 0.138. The van der Waals surface area contributed by atoms with E-state index in [0.717, 1.165) is 38.5 Å². The predicted octanol–water partition coefficient (Wildman–Crippen LogP) is 7.61. The van der Waals surface area contributed by atoms with E-state index in [0.29, 0.717) is 6.61 Å². The van der Waals surface area contributed by atoms with E-state index in [1.54, 1.807) is 0 Å². The van der Waals surface area contributed by atoms with E-state index >= 15 is 0 Å². The third-order valence-corrected chi connectivity index (χ3v) is 5.85. The highest BCUT2D eigenvalue weighted by Gasteiger charge is 2.15. The van der Waals surface area contributed by atoms with Crippen molar-refractivity contribution >= 4 is 40.9 Å². The Balaban J connectivity index is 3.36. The first-order valence-electron chi connectivity index (χ1n) is 10.4. The molecule has 0 heterocycles. The van der Waals surface area contributed by atoms with Crippen molar-refractivity contribution in [3.63, 3.8) is 0 Å². The van der Waals surface area contributed by atoms with Crippen LogP contribution in [0.5, 0.6) is 0 Å². The first-order valence-corrected chi connectivity index (χ1v) is 11.8. The molecule has 0 rings (SSSR count). The second-order valence-corrected chi connectivity index (χ2v) is 8.33. The molecule has 0 aliphatic heterocycles. The Kier molecular flexibility index (Phi) is 20.0. The fourth-order valence-electron chi connectivity index (χ4n) is 2.90. The molecule has 0 aromatic carbocycles. The van der Waals surface area contributed by atoms with Crippen LogP contribution in [0.1, 0.15) is 96.8 Å². The standard InChI is InChI=1S/C20H38Cl3NO2/c1-2-3-4-5-8-11-14-18(22)19(23)15-12-9-6-7-10-13-16-26-20(25)24-17-21/h18-19H,2-17H2,1H3,(H,24,25). The molecule has 0 spiro atoms. The van der Waals surface area contributed by atoms with Gasteiger partial charge < -0.3 is 10.1 Å². The molecule has 0 aromatic rings. The fourth-order valence-corrected chi connectivity index (χ4v) is 3.57. The van der Waals surface area contributed by atoms with Crippen LogP contribution < -0.4 is 5.32 Å². The van der Waals surface area contributed by atoms with Crippen molar-refractivity contribution < 1.29 is 9.53 Å². The third kappa shape index (κ3) is 17.5. The molecular formula is C20H38Cl3NO2. The van der Waals surface area contributed by atoms with E-state index < -0.39 is 6.09 Å². The smallest absolute Gasteiger partial charge is 0.408 e. The summed E-state index contributed by atoms with van der Waals surface area (Å²) in [6.45, 7) is 2.70. The van der Waals surface area contributed by atoms with Crippen LogP contribution >= 0.6 is 34.8 Å². The summed E-state index contributed by atoms with van der Waals surface area (Å²) in [4.78, 5) is 11.0. The number of carbonyl (C=O) groups excluding carboxylic acids is 1. The number of amides is 1. The van der Waals surface area contributed by atoms with Gasteiger partial charge in [-0.2, -0.15) is 0 Å². The monoisotopic (exact) mass is 429 g/mol. The molecule has 2 atom stereocenters. The molecular weight excluding hydrogens is 393 g/mol. The largest absolute Gasteiger partial charge is 0.450 e. The molecule has 26 heavy (non-hydrogen) atoms. The number of halogens is 3. The van der Waals surface area contributed by atoms with Crippen molar-refractivity contribution in [2.45, 2.75) is 108 Å². The predicted molar refractivity (Wildman–Crippen MR) is 115 cm³/mol. The number of hydrogen-bond donors (Lipinski definition) is 1. The van der Waals surface area contributed by atoms with Gasteiger partial charge in [-0.1, -0.05) is 77.6 Å². The van der Waals surface area contributed by atoms with Gasteiger partial charge in [-0.15, -0.1) is 34.8 Å². The van der Waals surface area contributed by atoms with Crippen LogP contribution in [-0.2, 0) is 4.74 Å². The van der Waals surface area contributed by atoms with E-state index in [-0.39, 0.29) is 16.8 Å². The molecule has 156 valence electrons. The molecule has 0 radical (unpaired) electrons. The van der Waals surface area contributed by atoms with E-state index in [2.05, 4.69) is 12.2 Å². The Morgan fingerprint density at radius 2 is 1.27 bits per heavy atom. The second-order valence-electron chi connectivity index (χ2n) is 6.94. The minimum absolute atomic E-state index is 0.0858. The van der Waals surface area contributed by atoms with Crippen LogP contribution in [0, 0.1) is 0 Å². The van der Waals surface area contributed by atoms with E-state index in [1.165, 1.54) is 51.4 Å². The summed E-state index contributed by atoms with van der Waals surface area (Å²) in [6.07, 6.45) is 16.1. The SMILES string of the molecule is CCCCCCCCC(Cl)C(Cl)CCCCCCCCOC(=O)NCCl. The molecule has 0 saturated heterocycles. The van der Waals surface area contributed by atoms with Gasteiger partial charge in [0.1, 0.15) is 0 Å². The number of hydrogen-bond acceptors (Lipinski definition) is 2. The van der Waals surface area contributed by atoms with Crippen LogP contribution in [-0.4, -0.2) is 29.5 Å². The lowest BCUT2D eigenvalue weighted by Gasteiger charge is -2.16. The molecule has 0 aromatic heterocycles. The van der Waals surface area contributed by atoms with Crippen molar-refractivity contribution in [2.75, 3.05) is 12.6 Å². The van der Waals surface area contributed by atoms with Gasteiger partial charge in [-0.3, -0.25) is 0 Å². The summed E-state index contributed by atoms with van der Waals surface area (Å²) in [5.74, 6) is 0. The van der Waals surface area contributed by atoms with Gasteiger partial charge in [0, 0.05) is 10.8 Å². The molecule has 0 aliphatic carbocycles. The first-order chi connectivity index (χ1) is 12.6. The summed E-state index contributed by atoms with van der Waals surface area (Å²) in [7, 11) is 0. The van der Waals surface area contributed by atoms with E-state index in [1.807, 2.05) is 0 Å². The minimum atomic E-state index is -0.440. The first kappa shape index (κ1) is 26.1. The van der Waals surface area contributed by atoms with Gasteiger partial charge in [0.2, 0.25) is 0 Å². The molecule has 1 N–H and O–H groups in total. The number of rotatable bonds is 18. The van der Waals surface area contributed by atoms with Crippen LogP contribution in [0.4, 0.5) is 4.79 Å². The molecule has 6 heteroatoms. The molecule has 0 saturated carbocycles. The number of alkyl carbamates (subject to hydrolysis) is 1. The minimum Gasteiger partial charge on any atom is -0.450 e. The molecule has 0 fully saturated rings. The number of ether oxygens (including phenoxy) is 1. The van der Waals surface area contributed by atoms with Crippen LogP contribution in [0.25, 0.3) is 0 Å². The molecule has 1 amide bonds. The Labute approximate surface area is 175 Å². The van der Waals surface area contributed by atoms with E-state index in [9.17, 15) is 4.79 Å². The highest BCUT2D eigenvalue weighted by Crippen LogP contribution is 2.23. The number of carbonyl (C=O) groups is 1. The maximum Gasteiger partial charge on any atom is 0.408 e. The van der Waals surface area contributed by atoms with Crippen molar-refractivity contribution in [2.24, 2.45) is 0 Å². The van der Waals surface area contributed by atoms with E-state index in [4.69, 9.17) is 39.5 Å². The summed E-state index contributed by atoms with van der Waals surface area (Å²) in [5, 5.41) is 2.60. The molecule has 3 nitrogen and oxygen atoms in total. The average molecular weight is 431 g/mol. The zero-order valence-electron chi connectivity index (χ0n) is 16.4. The van der Waals surface area contributed by atoms with Crippen LogP contribution in [0.15, 0.2) is 0 Å². The van der Waals surface area contributed by atoms with Crippen molar-refractivity contribution in [1.82, 2.24) is 5.32 Å². The van der Waals surface area contributed by atoms with Crippen LogP contribution in [0.3, 0.4) is 0 Å². The summed E-state index contributed by atoms with van der Waals surface area (Å²) in [6, 6.07) is 0.0858. The highest BCUT2D eigenvalue weighted by molar-refractivity contribution is 6.29. The van der Waals surface area contributed by atoms with Gasteiger partial charge >= 0.3 is 6.09 Å². The Morgan fingerprint density at radius 3 is 1.77 bits per heavy atom. The van der Waals surface area contributed by atoms with Gasteiger partial charge in [0.25, 0.3) is 0 Å². The number of nitrogens with one attached hydrogen (secondary N) is 1. The highest BCUT2D eigenvalue weighted by atomic mass is 35.5. The number of unbranched alkanes of at least 4 members (excludes halogenated alkanes) is 10. The topological polar surface area (TPSA) is 38.3 Å². The second kappa shape index (κ2) is 19.9. The summed E-state index contributed by atoms with van der Waals surface area (Å²) in [5.41, 5.74) is 0. The fraction of sp³-hybridized carbons (Fsp3) is 0.950. The van der Waals surface area contributed by atoms with Gasteiger partial charge in [-0.05, 0) is 19.3 Å². The molecule has 0 bridgehead atoms. The van der Waals surface area contributed by atoms with Gasteiger partial charge in [-0.25, -0.2) is 4.79 Å². The Bertz CT molecular complexity index is 319. The van der Waals surface area contributed by atoms with Gasteiger partial charge in [0.15, 0.2) is 0 Å². The molecule has 2 unspecified atom stereocenters. The lowest BCUT2D eigenvalue weighted by molar-refractivity contribution is 0.145. The van der Waals surface area contributed by atoms with Crippen molar-refractivity contribution in [1.29, 1.82) is 0 Å². The zero-order chi connectivity index (χ0) is 19.5. The average Bonchev–Trinajstić information content (AvgIpc) is 2.63. The van der Waals surface area contributed by atoms with Gasteiger partial charge in [0.05, 0.1) is 12.6 Å². The van der Waals surface area contributed by atoms with Crippen LogP contribution in [0.2, 0.25) is 0 Å². The lowest BCUT2D eigenvalue weighted by Crippen LogP contribution is -2.22. The molecule has 0 aliphatic rings. The van der Waals surface area contributed by atoms with Crippen molar-refractivity contribution in [3.8, 4) is 0 Å². The zero-order valence-corrected chi connectivity index (χ0v) is 18.7. The summed E-state index contributed by atoms with van der Waals surface area (Å²) >= 11 is 18.2. The third-order valence-electron chi connectivity index (χ3n) is 4.54.